The van der Waals surface area contributed by atoms with Crippen molar-refractivity contribution in [1.29, 1.82) is 0 Å². The highest BCUT2D eigenvalue weighted by Crippen LogP contribution is 2.33. The summed E-state index contributed by atoms with van der Waals surface area (Å²) in [5, 5.41) is 0. The van der Waals surface area contributed by atoms with Crippen molar-refractivity contribution >= 4 is 5.78 Å². The van der Waals surface area contributed by atoms with Gasteiger partial charge in [0.25, 0.3) is 0 Å². The van der Waals surface area contributed by atoms with E-state index in [1.807, 2.05) is 73.7 Å². The Morgan fingerprint density at radius 1 is 1.04 bits per heavy atom. The summed E-state index contributed by atoms with van der Waals surface area (Å²) in [6.45, 7) is 3.68. The zero-order valence-corrected chi connectivity index (χ0v) is 14.7. The van der Waals surface area contributed by atoms with Crippen molar-refractivity contribution in [2.45, 2.75) is 19.8 Å². The van der Waals surface area contributed by atoms with Gasteiger partial charge < -0.3 is 4.74 Å². The van der Waals surface area contributed by atoms with Crippen LogP contribution in [-0.2, 0) is 4.79 Å². The Kier molecular flexibility index (Phi) is 4.99. The topological polar surface area (TPSA) is 26.3 Å². The van der Waals surface area contributed by atoms with E-state index in [0.717, 1.165) is 28.0 Å². The first-order chi connectivity index (χ1) is 12.1. The number of rotatable bonds is 5. The molecule has 125 valence electrons. The molecule has 0 aliphatic heterocycles. The molecule has 0 amide bonds. The minimum atomic E-state index is -0.310. The molecule has 0 fully saturated rings. The van der Waals surface area contributed by atoms with Crippen molar-refractivity contribution in [1.82, 2.24) is 0 Å². The summed E-state index contributed by atoms with van der Waals surface area (Å²) < 4.78 is 5.47. The number of aryl methyl sites for hydroxylation is 1. The number of para-hydroxylation sites is 1. The van der Waals surface area contributed by atoms with Crippen LogP contribution in [0.25, 0.3) is 11.1 Å². The highest BCUT2D eigenvalue weighted by molar-refractivity contribution is 5.87. The molecule has 0 bridgehead atoms. The number of hydrogen-bond donors (Lipinski definition) is 0. The van der Waals surface area contributed by atoms with Crippen molar-refractivity contribution in [3.63, 3.8) is 0 Å². The van der Waals surface area contributed by atoms with E-state index in [9.17, 15) is 4.79 Å². The number of Topliss-reactive ketones (excluding diaryl/α,β-unsaturated/α-hetero) is 1. The zero-order chi connectivity index (χ0) is 17.8. The lowest BCUT2D eigenvalue weighted by molar-refractivity contribution is -0.117. The number of carbonyl (C=O) groups excluding carboxylic acids is 1. The quantitative estimate of drug-likeness (QED) is 0.644. The molecule has 0 aromatic heterocycles. The first-order valence-corrected chi connectivity index (χ1v) is 8.32. The van der Waals surface area contributed by atoms with Crippen LogP contribution in [0.3, 0.4) is 0 Å². The van der Waals surface area contributed by atoms with Crippen LogP contribution in [0.5, 0.6) is 5.75 Å². The molecule has 1 atom stereocenters. The van der Waals surface area contributed by atoms with Crippen LogP contribution in [0.15, 0.2) is 66.7 Å². The Morgan fingerprint density at radius 3 is 2.44 bits per heavy atom. The van der Waals surface area contributed by atoms with Gasteiger partial charge in [0.1, 0.15) is 11.5 Å². The molecule has 0 N–H and O–H groups in total. The summed E-state index contributed by atoms with van der Waals surface area (Å²) in [5.74, 6) is 0.613. The van der Waals surface area contributed by atoms with Crippen LogP contribution in [0.1, 0.15) is 29.5 Å². The summed E-state index contributed by atoms with van der Waals surface area (Å²) >= 11 is 0. The minimum Gasteiger partial charge on any atom is -0.496 e. The third kappa shape index (κ3) is 3.63. The summed E-state index contributed by atoms with van der Waals surface area (Å²) in [4.78, 5) is 12.4. The number of benzene rings is 3. The lowest BCUT2D eigenvalue weighted by Gasteiger charge is -2.17. The molecule has 1 radical (unpaired) electrons. The molecule has 0 heterocycles. The third-order valence-corrected chi connectivity index (χ3v) is 4.37. The second-order valence-electron chi connectivity index (χ2n) is 6.19. The highest BCUT2D eigenvalue weighted by atomic mass is 16.5. The number of ether oxygens (including phenoxy) is 1. The van der Waals surface area contributed by atoms with Gasteiger partial charge in [0.2, 0.25) is 0 Å². The molecule has 0 saturated heterocycles. The van der Waals surface area contributed by atoms with E-state index in [1.165, 1.54) is 5.56 Å². The Bertz CT molecular complexity index is 879. The molecule has 3 aromatic carbocycles. The average Bonchev–Trinajstić information content (AvgIpc) is 2.63. The van der Waals surface area contributed by atoms with Crippen LogP contribution in [0.2, 0.25) is 0 Å². The molecule has 0 aliphatic carbocycles. The van der Waals surface area contributed by atoms with Crippen molar-refractivity contribution < 1.29 is 9.53 Å². The van der Waals surface area contributed by atoms with Gasteiger partial charge in [-0.15, -0.1) is 0 Å². The molecule has 25 heavy (non-hydrogen) atoms. The highest BCUT2D eigenvalue weighted by Gasteiger charge is 2.20. The van der Waals surface area contributed by atoms with Crippen molar-refractivity contribution in [3.8, 4) is 16.9 Å². The predicted octanol–water partition coefficient (Wildman–Crippen LogP) is 5.19. The first-order valence-electron chi connectivity index (χ1n) is 8.32. The predicted molar refractivity (Wildman–Crippen MR) is 101 cm³/mol. The summed E-state index contributed by atoms with van der Waals surface area (Å²) in [6.07, 6.45) is 0. The van der Waals surface area contributed by atoms with Gasteiger partial charge in [-0.2, -0.15) is 0 Å². The van der Waals surface area contributed by atoms with Gasteiger partial charge in [0.15, 0.2) is 0 Å². The maximum Gasteiger partial charge on any atom is 0.141 e. The van der Waals surface area contributed by atoms with Gasteiger partial charge in [-0.05, 0) is 48.7 Å². The lowest BCUT2D eigenvalue weighted by Crippen LogP contribution is -2.11. The summed E-state index contributed by atoms with van der Waals surface area (Å²) in [6, 6.07) is 25.2. The molecule has 2 nitrogen and oxygen atoms in total. The molecule has 0 aliphatic rings. The normalized spacial score (nSPS) is 11.8. The van der Waals surface area contributed by atoms with Crippen LogP contribution in [0, 0.1) is 13.0 Å². The molecule has 0 spiro atoms. The minimum absolute atomic E-state index is 0.109. The SMILES string of the molecule is COc1ccccc1-c1cc[c]c(C(C(C)=O)c2ccc(C)cc2)c1. The van der Waals surface area contributed by atoms with Gasteiger partial charge in [-0.25, -0.2) is 0 Å². The van der Waals surface area contributed by atoms with Gasteiger partial charge >= 0.3 is 0 Å². The molecular weight excluding hydrogens is 308 g/mol. The Hall–Kier alpha value is -2.87. The average molecular weight is 329 g/mol. The monoisotopic (exact) mass is 329 g/mol. The molecule has 2 heteroatoms. The molecule has 0 saturated carbocycles. The van der Waals surface area contributed by atoms with Crippen molar-refractivity contribution in [2.24, 2.45) is 0 Å². The van der Waals surface area contributed by atoms with Gasteiger partial charge in [-0.3, -0.25) is 4.79 Å². The van der Waals surface area contributed by atoms with Crippen LogP contribution >= 0.6 is 0 Å². The number of carbonyl (C=O) groups is 1. The van der Waals surface area contributed by atoms with E-state index in [2.05, 4.69) is 6.07 Å². The van der Waals surface area contributed by atoms with Crippen molar-refractivity contribution in [2.75, 3.05) is 7.11 Å². The van der Waals surface area contributed by atoms with Crippen LogP contribution in [-0.4, -0.2) is 12.9 Å². The summed E-state index contributed by atoms with van der Waals surface area (Å²) in [5.41, 5.74) is 5.07. The standard InChI is InChI=1S/C23H21O2/c1-16-11-13-18(14-12-16)23(17(2)24)20-8-6-7-19(15-20)21-9-4-5-10-22(21)25-3/h4-7,9-15,23H,1-3H3. The fraction of sp³-hybridized carbons (Fsp3) is 0.174. The van der Waals surface area contributed by atoms with E-state index in [0.29, 0.717) is 0 Å². The largest absolute Gasteiger partial charge is 0.496 e. The number of hydrogen-bond acceptors (Lipinski definition) is 2. The van der Waals surface area contributed by atoms with Crippen LogP contribution < -0.4 is 4.74 Å². The van der Waals surface area contributed by atoms with E-state index in [-0.39, 0.29) is 11.7 Å². The number of ketones is 1. The fourth-order valence-corrected chi connectivity index (χ4v) is 3.09. The molecular formula is C23H21O2. The van der Waals surface area contributed by atoms with Gasteiger partial charge in [-0.1, -0.05) is 60.2 Å². The fourth-order valence-electron chi connectivity index (χ4n) is 3.09. The Balaban J connectivity index is 2.07. The lowest BCUT2D eigenvalue weighted by atomic mass is 9.86. The molecule has 3 aromatic rings. The number of methoxy groups -OCH3 is 1. The van der Waals surface area contributed by atoms with Gasteiger partial charge in [0.05, 0.1) is 13.0 Å². The second kappa shape index (κ2) is 7.35. The van der Waals surface area contributed by atoms with Crippen LogP contribution in [0.4, 0.5) is 0 Å². The molecule has 1 unspecified atom stereocenters. The molecule has 3 rings (SSSR count). The van der Waals surface area contributed by atoms with E-state index in [1.54, 1.807) is 14.0 Å². The van der Waals surface area contributed by atoms with Gasteiger partial charge in [0, 0.05) is 5.56 Å². The van der Waals surface area contributed by atoms with E-state index >= 15 is 0 Å². The van der Waals surface area contributed by atoms with Crippen molar-refractivity contribution in [3.05, 3.63) is 89.5 Å². The zero-order valence-electron chi connectivity index (χ0n) is 14.7. The summed E-state index contributed by atoms with van der Waals surface area (Å²) in [7, 11) is 1.67. The Morgan fingerprint density at radius 2 is 1.76 bits per heavy atom. The third-order valence-electron chi connectivity index (χ3n) is 4.37. The van der Waals surface area contributed by atoms with E-state index < -0.39 is 0 Å². The maximum atomic E-state index is 12.4. The Labute approximate surface area is 149 Å². The second-order valence-corrected chi connectivity index (χ2v) is 6.19. The van der Waals surface area contributed by atoms with E-state index in [4.69, 9.17) is 4.74 Å². The first kappa shape index (κ1) is 17.0. The smallest absolute Gasteiger partial charge is 0.141 e. The maximum absolute atomic E-state index is 12.4.